The Bertz CT molecular complexity index is 476. The zero-order valence-electron chi connectivity index (χ0n) is 14.1. The number of amides is 1. The van der Waals surface area contributed by atoms with Gasteiger partial charge in [0, 0.05) is 31.7 Å². The number of ether oxygens (including phenoxy) is 1. The molecule has 0 atom stereocenters. The van der Waals surface area contributed by atoms with E-state index < -0.39 is 0 Å². The highest BCUT2D eigenvalue weighted by atomic mass is 16.5. The summed E-state index contributed by atoms with van der Waals surface area (Å²) in [5.41, 5.74) is 2.39. The van der Waals surface area contributed by atoms with Gasteiger partial charge in [-0.25, -0.2) is 0 Å². The van der Waals surface area contributed by atoms with Gasteiger partial charge in [0.2, 0.25) is 5.91 Å². The molecule has 1 N–H and O–H groups in total. The molecule has 118 valence electrons. The van der Waals surface area contributed by atoms with Crippen molar-refractivity contribution in [1.82, 2.24) is 10.2 Å². The lowest BCUT2D eigenvalue weighted by molar-refractivity contribution is -0.129. The molecule has 1 amide bonds. The van der Waals surface area contributed by atoms with Crippen molar-refractivity contribution in [3.63, 3.8) is 0 Å². The molecule has 0 radical (unpaired) electrons. The number of carbonyl (C=O) groups is 1. The summed E-state index contributed by atoms with van der Waals surface area (Å²) in [6.07, 6.45) is 0.396. The molecule has 0 aliphatic carbocycles. The van der Waals surface area contributed by atoms with Gasteiger partial charge in [0.15, 0.2) is 0 Å². The van der Waals surface area contributed by atoms with Crippen LogP contribution in [0.1, 0.15) is 38.3 Å². The van der Waals surface area contributed by atoms with Crippen LogP contribution in [-0.2, 0) is 11.3 Å². The Morgan fingerprint density at radius 2 is 1.95 bits per heavy atom. The van der Waals surface area contributed by atoms with E-state index in [-0.39, 0.29) is 11.4 Å². The maximum Gasteiger partial charge on any atom is 0.225 e. The van der Waals surface area contributed by atoms with E-state index in [0.717, 1.165) is 17.9 Å². The van der Waals surface area contributed by atoms with Crippen LogP contribution in [-0.4, -0.2) is 37.0 Å². The van der Waals surface area contributed by atoms with Crippen LogP contribution in [0.3, 0.4) is 0 Å². The van der Waals surface area contributed by atoms with E-state index in [9.17, 15) is 4.79 Å². The van der Waals surface area contributed by atoms with Gasteiger partial charge in [0.05, 0.1) is 13.0 Å². The summed E-state index contributed by atoms with van der Waals surface area (Å²) in [5.74, 6) is 0.931. The smallest absolute Gasteiger partial charge is 0.225 e. The molecular weight excluding hydrogens is 264 g/mol. The van der Waals surface area contributed by atoms with Crippen molar-refractivity contribution in [2.45, 2.75) is 46.2 Å². The summed E-state index contributed by atoms with van der Waals surface area (Å²) in [6, 6.07) is 6.14. The molecule has 0 fully saturated rings. The third-order valence-electron chi connectivity index (χ3n) is 3.10. The lowest BCUT2D eigenvalue weighted by Crippen LogP contribution is -2.35. The van der Waals surface area contributed by atoms with E-state index >= 15 is 0 Å². The summed E-state index contributed by atoms with van der Waals surface area (Å²) in [4.78, 5) is 13.1. The predicted molar refractivity (Wildman–Crippen MR) is 86.6 cm³/mol. The lowest BCUT2D eigenvalue weighted by Gasteiger charge is -2.22. The van der Waals surface area contributed by atoms with Gasteiger partial charge in [0.25, 0.3) is 0 Å². The van der Waals surface area contributed by atoms with Crippen LogP contribution in [0.4, 0.5) is 0 Å². The Kier molecular flexibility index (Phi) is 6.21. The average molecular weight is 292 g/mol. The standard InChI is InChI=1S/C17H28N2O2/c1-13-7-8-15(21-10-9-16(20)19(5)6)14(11-13)12-18-17(2,3)4/h7-8,11,18H,9-10,12H2,1-6H3. The largest absolute Gasteiger partial charge is 0.493 e. The maximum atomic E-state index is 11.6. The first-order valence-electron chi connectivity index (χ1n) is 7.36. The molecule has 0 aliphatic heterocycles. The second-order valence-corrected chi connectivity index (χ2v) is 6.60. The number of nitrogens with one attached hydrogen (secondary N) is 1. The van der Waals surface area contributed by atoms with Gasteiger partial charge in [-0.2, -0.15) is 0 Å². The van der Waals surface area contributed by atoms with Gasteiger partial charge in [-0.1, -0.05) is 17.7 Å². The first-order chi connectivity index (χ1) is 9.69. The highest BCUT2D eigenvalue weighted by molar-refractivity contribution is 5.75. The number of hydrogen-bond donors (Lipinski definition) is 1. The third-order valence-corrected chi connectivity index (χ3v) is 3.10. The van der Waals surface area contributed by atoms with Gasteiger partial charge < -0.3 is 15.0 Å². The van der Waals surface area contributed by atoms with Gasteiger partial charge in [-0.3, -0.25) is 4.79 Å². The average Bonchev–Trinajstić information content (AvgIpc) is 2.37. The van der Waals surface area contributed by atoms with E-state index in [1.54, 1.807) is 19.0 Å². The summed E-state index contributed by atoms with van der Waals surface area (Å²) < 4.78 is 5.79. The second kappa shape index (κ2) is 7.46. The molecule has 1 aromatic carbocycles. The van der Waals surface area contributed by atoms with E-state index in [1.165, 1.54) is 5.56 Å². The molecule has 1 rings (SSSR count). The molecule has 0 aliphatic rings. The minimum atomic E-state index is 0.0574. The molecule has 0 saturated heterocycles. The highest BCUT2D eigenvalue weighted by Crippen LogP contribution is 2.21. The maximum absolute atomic E-state index is 11.6. The van der Waals surface area contributed by atoms with Crippen molar-refractivity contribution in [3.8, 4) is 5.75 Å². The number of carbonyl (C=O) groups excluding carboxylic acids is 1. The molecule has 4 nitrogen and oxygen atoms in total. The van der Waals surface area contributed by atoms with Crippen molar-refractivity contribution in [2.75, 3.05) is 20.7 Å². The SMILES string of the molecule is Cc1ccc(OCCC(=O)N(C)C)c(CNC(C)(C)C)c1. The van der Waals surface area contributed by atoms with Crippen molar-refractivity contribution in [3.05, 3.63) is 29.3 Å². The van der Waals surface area contributed by atoms with Crippen molar-refractivity contribution < 1.29 is 9.53 Å². The van der Waals surface area contributed by atoms with Gasteiger partial charge in [-0.05, 0) is 33.8 Å². The topological polar surface area (TPSA) is 41.6 Å². The summed E-state index contributed by atoms with van der Waals surface area (Å²) in [5, 5.41) is 3.47. The summed E-state index contributed by atoms with van der Waals surface area (Å²) in [7, 11) is 3.51. The second-order valence-electron chi connectivity index (χ2n) is 6.60. The highest BCUT2D eigenvalue weighted by Gasteiger charge is 2.12. The van der Waals surface area contributed by atoms with Crippen LogP contribution in [0.2, 0.25) is 0 Å². The Balaban J connectivity index is 2.66. The number of hydrogen-bond acceptors (Lipinski definition) is 3. The van der Waals surface area contributed by atoms with Crippen LogP contribution in [0.15, 0.2) is 18.2 Å². The van der Waals surface area contributed by atoms with Crippen LogP contribution in [0.25, 0.3) is 0 Å². The Morgan fingerprint density at radius 1 is 1.29 bits per heavy atom. The van der Waals surface area contributed by atoms with E-state index in [4.69, 9.17) is 4.74 Å². The van der Waals surface area contributed by atoms with Gasteiger partial charge in [-0.15, -0.1) is 0 Å². The van der Waals surface area contributed by atoms with Crippen LogP contribution >= 0.6 is 0 Å². The van der Waals surface area contributed by atoms with Crippen LogP contribution < -0.4 is 10.1 Å². The quantitative estimate of drug-likeness (QED) is 0.876. The summed E-state index contributed by atoms with van der Waals surface area (Å²) in [6.45, 7) is 9.64. The minimum Gasteiger partial charge on any atom is -0.493 e. The predicted octanol–water partition coefficient (Wildman–Crippen LogP) is 2.74. The zero-order valence-corrected chi connectivity index (χ0v) is 14.1. The Labute approximate surface area is 128 Å². The number of nitrogens with zero attached hydrogens (tertiary/aromatic N) is 1. The van der Waals surface area contributed by atoms with Crippen LogP contribution in [0, 0.1) is 6.92 Å². The molecule has 0 aromatic heterocycles. The zero-order chi connectivity index (χ0) is 16.0. The number of rotatable bonds is 6. The Morgan fingerprint density at radius 3 is 2.52 bits per heavy atom. The molecule has 0 saturated carbocycles. The molecule has 4 heteroatoms. The van der Waals surface area contributed by atoms with Crippen molar-refractivity contribution in [1.29, 1.82) is 0 Å². The molecule has 0 bridgehead atoms. The third kappa shape index (κ3) is 6.63. The number of aryl methyl sites for hydroxylation is 1. The van der Waals surface area contributed by atoms with Crippen molar-refractivity contribution in [2.24, 2.45) is 0 Å². The van der Waals surface area contributed by atoms with E-state index in [0.29, 0.717) is 13.0 Å². The first kappa shape index (κ1) is 17.5. The molecule has 1 aromatic rings. The minimum absolute atomic E-state index is 0.0574. The van der Waals surface area contributed by atoms with Gasteiger partial charge in [0.1, 0.15) is 5.75 Å². The fraction of sp³-hybridized carbons (Fsp3) is 0.588. The monoisotopic (exact) mass is 292 g/mol. The van der Waals surface area contributed by atoms with E-state index in [2.05, 4.69) is 39.1 Å². The Hall–Kier alpha value is -1.55. The molecule has 0 heterocycles. The van der Waals surface area contributed by atoms with E-state index in [1.807, 2.05) is 12.1 Å². The lowest BCUT2D eigenvalue weighted by atomic mass is 10.1. The number of benzene rings is 1. The fourth-order valence-electron chi connectivity index (χ4n) is 1.82. The van der Waals surface area contributed by atoms with Crippen molar-refractivity contribution >= 4 is 5.91 Å². The molecule has 0 unspecified atom stereocenters. The van der Waals surface area contributed by atoms with Gasteiger partial charge >= 0.3 is 0 Å². The first-order valence-corrected chi connectivity index (χ1v) is 7.36. The molecule has 0 spiro atoms. The summed E-state index contributed by atoms with van der Waals surface area (Å²) >= 11 is 0. The fourth-order valence-corrected chi connectivity index (χ4v) is 1.82. The van der Waals surface area contributed by atoms with Crippen LogP contribution in [0.5, 0.6) is 5.75 Å². The molecule has 21 heavy (non-hydrogen) atoms. The normalized spacial score (nSPS) is 11.3. The molecular formula is C17H28N2O2.